The zero-order valence-electron chi connectivity index (χ0n) is 7.94. The standard InChI is InChI=1S/C8H11ClN4O2/c9-6-3-11-5-13-8(6)12-1-2-15-4-7(10)14/h3,5H,1-2,4H2,(H2,10,14)(H,11,12,13). The monoisotopic (exact) mass is 230 g/mol. The van der Waals surface area contributed by atoms with E-state index in [0.29, 0.717) is 24.0 Å². The summed E-state index contributed by atoms with van der Waals surface area (Å²) < 4.78 is 4.93. The van der Waals surface area contributed by atoms with Crippen LogP contribution in [-0.2, 0) is 9.53 Å². The topological polar surface area (TPSA) is 90.1 Å². The Morgan fingerprint density at radius 2 is 2.47 bits per heavy atom. The SMILES string of the molecule is NC(=O)COCCNc1ncncc1Cl. The fraction of sp³-hybridized carbons (Fsp3) is 0.375. The predicted molar refractivity (Wildman–Crippen MR) is 55.5 cm³/mol. The number of aromatic nitrogens is 2. The first kappa shape index (κ1) is 11.7. The summed E-state index contributed by atoms with van der Waals surface area (Å²) in [7, 11) is 0. The molecule has 0 spiro atoms. The summed E-state index contributed by atoms with van der Waals surface area (Å²) >= 11 is 5.79. The van der Waals surface area contributed by atoms with Crippen molar-refractivity contribution < 1.29 is 9.53 Å². The van der Waals surface area contributed by atoms with E-state index in [0.717, 1.165) is 0 Å². The molecule has 0 aliphatic heterocycles. The van der Waals surface area contributed by atoms with Gasteiger partial charge in [-0.25, -0.2) is 9.97 Å². The molecule has 0 aromatic carbocycles. The number of primary amides is 1. The van der Waals surface area contributed by atoms with E-state index >= 15 is 0 Å². The Bertz CT molecular complexity index is 334. The third kappa shape index (κ3) is 4.57. The van der Waals surface area contributed by atoms with E-state index in [1.807, 2.05) is 0 Å². The molecule has 0 unspecified atom stereocenters. The van der Waals surface area contributed by atoms with Crippen LogP contribution in [0, 0.1) is 0 Å². The second-order valence-electron chi connectivity index (χ2n) is 2.66. The van der Waals surface area contributed by atoms with Gasteiger partial charge in [0.15, 0.2) is 0 Å². The molecule has 0 radical (unpaired) electrons. The summed E-state index contributed by atoms with van der Waals surface area (Å²) in [5, 5.41) is 3.36. The van der Waals surface area contributed by atoms with Gasteiger partial charge in [-0.05, 0) is 0 Å². The van der Waals surface area contributed by atoms with Crippen LogP contribution >= 0.6 is 11.6 Å². The van der Waals surface area contributed by atoms with Crippen LogP contribution in [0.2, 0.25) is 5.02 Å². The molecule has 0 atom stereocenters. The number of amides is 1. The molecule has 1 aromatic rings. The average Bonchev–Trinajstić information content (AvgIpc) is 2.20. The molecule has 0 bridgehead atoms. The number of nitrogens with one attached hydrogen (secondary N) is 1. The van der Waals surface area contributed by atoms with Gasteiger partial charge in [0.25, 0.3) is 0 Å². The Kier molecular flexibility index (Phi) is 4.79. The minimum Gasteiger partial charge on any atom is -0.370 e. The third-order valence-corrected chi connectivity index (χ3v) is 1.73. The first-order chi connectivity index (χ1) is 7.20. The van der Waals surface area contributed by atoms with Crippen LogP contribution in [0.15, 0.2) is 12.5 Å². The van der Waals surface area contributed by atoms with Crippen molar-refractivity contribution in [1.29, 1.82) is 0 Å². The van der Waals surface area contributed by atoms with E-state index in [9.17, 15) is 4.79 Å². The van der Waals surface area contributed by atoms with Gasteiger partial charge in [0, 0.05) is 6.54 Å². The van der Waals surface area contributed by atoms with Gasteiger partial charge in [0.1, 0.15) is 23.8 Å². The summed E-state index contributed by atoms with van der Waals surface area (Å²) in [5.74, 6) is 0.0458. The van der Waals surface area contributed by atoms with Crippen molar-refractivity contribution in [1.82, 2.24) is 9.97 Å². The molecule has 82 valence electrons. The van der Waals surface area contributed by atoms with Crippen LogP contribution in [-0.4, -0.2) is 35.6 Å². The Balaban J connectivity index is 2.21. The number of hydrogen-bond donors (Lipinski definition) is 2. The lowest BCUT2D eigenvalue weighted by molar-refractivity contribution is -0.122. The van der Waals surface area contributed by atoms with Gasteiger partial charge in [-0.1, -0.05) is 11.6 Å². The van der Waals surface area contributed by atoms with E-state index in [1.54, 1.807) is 0 Å². The van der Waals surface area contributed by atoms with Gasteiger partial charge in [-0.3, -0.25) is 4.79 Å². The summed E-state index contributed by atoms with van der Waals surface area (Å²) in [6.45, 7) is 0.756. The van der Waals surface area contributed by atoms with Crippen molar-refractivity contribution in [3.63, 3.8) is 0 Å². The summed E-state index contributed by atoms with van der Waals surface area (Å²) in [4.78, 5) is 18.0. The third-order valence-electron chi connectivity index (χ3n) is 1.45. The van der Waals surface area contributed by atoms with Gasteiger partial charge in [0.2, 0.25) is 5.91 Å². The molecule has 0 fully saturated rings. The molecule has 3 N–H and O–H groups in total. The van der Waals surface area contributed by atoms with Gasteiger partial charge in [-0.15, -0.1) is 0 Å². The van der Waals surface area contributed by atoms with E-state index in [4.69, 9.17) is 22.1 Å². The van der Waals surface area contributed by atoms with Crippen LogP contribution in [0.4, 0.5) is 5.82 Å². The summed E-state index contributed by atoms with van der Waals surface area (Å²) in [6, 6.07) is 0. The van der Waals surface area contributed by atoms with Gasteiger partial charge >= 0.3 is 0 Å². The van der Waals surface area contributed by atoms with Crippen molar-refractivity contribution in [3.05, 3.63) is 17.5 Å². The van der Waals surface area contributed by atoms with Crippen molar-refractivity contribution in [2.75, 3.05) is 25.1 Å². The molecule has 0 aliphatic carbocycles. The normalized spacial score (nSPS) is 9.93. The Morgan fingerprint density at radius 3 is 3.13 bits per heavy atom. The van der Waals surface area contributed by atoms with Crippen LogP contribution in [0.3, 0.4) is 0 Å². The van der Waals surface area contributed by atoms with E-state index in [2.05, 4.69) is 15.3 Å². The maximum atomic E-state index is 10.3. The van der Waals surface area contributed by atoms with Crippen molar-refractivity contribution >= 4 is 23.3 Å². The first-order valence-electron chi connectivity index (χ1n) is 4.25. The molecule has 0 saturated heterocycles. The van der Waals surface area contributed by atoms with Crippen molar-refractivity contribution in [2.45, 2.75) is 0 Å². The lowest BCUT2D eigenvalue weighted by atomic mass is 10.5. The number of nitrogens with two attached hydrogens (primary N) is 1. The van der Waals surface area contributed by atoms with Crippen LogP contribution in [0.5, 0.6) is 0 Å². The second kappa shape index (κ2) is 6.15. The number of rotatable bonds is 6. The maximum Gasteiger partial charge on any atom is 0.243 e. The first-order valence-corrected chi connectivity index (χ1v) is 4.63. The summed E-state index contributed by atoms with van der Waals surface area (Å²) in [5.41, 5.74) is 4.88. The molecule has 6 nitrogen and oxygen atoms in total. The second-order valence-corrected chi connectivity index (χ2v) is 3.07. The molecule has 1 aromatic heterocycles. The van der Waals surface area contributed by atoms with E-state index in [-0.39, 0.29) is 6.61 Å². The van der Waals surface area contributed by atoms with Crippen LogP contribution < -0.4 is 11.1 Å². The lowest BCUT2D eigenvalue weighted by Gasteiger charge is -2.06. The number of carbonyl (C=O) groups is 1. The number of anilines is 1. The number of nitrogens with zero attached hydrogens (tertiary/aromatic N) is 2. The zero-order valence-corrected chi connectivity index (χ0v) is 8.70. The fourth-order valence-electron chi connectivity index (χ4n) is 0.857. The number of carbonyl (C=O) groups excluding carboxylic acids is 1. The number of ether oxygens (including phenoxy) is 1. The largest absolute Gasteiger partial charge is 0.370 e. The van der Waals surface area contributed by atoms with E-state index < -0.39 is 5.91 Å². The highest BCUT2D eigenvalue weighted by Gasteiger charge is 1.99. The number of halogens is 1. The minimum absolute atomic E-state index is 0.0841. The molecule has 7 heteroatoms. The summed E-state index contributed by atoms with van der Waals surface area (Å²) in [6.07, 6.45) is 2.87. The fourth-order valence-corrected chi connectivity index (χ4v) is 1.03. The van der Waals surface area contributed by atoms with Gasteiger partial charge < -0.3 is 15.8 Å². The Labute approximate surface area is 91.8 Å². The van der Waals surface area contributed by atoms with Crippen molar-refractivity contribution in [3.8, 4) is 0 Å². The maximum absolute atomic E-state index is 10.3. The van der Waals surface area contributed by atoms with Gasteiger partial charge in [-0.2, -0.15) is 0 Å². The Morgan fingerprint density at radius 1 is 1.67 bits per heavy atom. The highest BCUT2D eigenvalue weighted by molar-refractivity contribution is 6.32. The van der Waals surface area contributed by atoms with Crippen LogP contribution in [0.1, 0.15) is 0 Å². The van der Waals surface area contributed by atoms with Crippen LogP contribution in [0.25, 0.3) is 0 Å². The predicted octanol–water partition coefficient (Wildman–Crippen LogP) is 0.0438. The molecule has 1 rings (SSSR count). The molecule has 1 amide bonds. The van der Waals surface area contributed by atoms with Crippen molar-refractivity contribution in [2.24, 2.45) is 5.73 Å². The molecular formula is C8H11ClN4O2. The average molecular weight is 231 g/mol. The number of hydrogen-bond acceptors (Lipinski definition) is 5. The molecular weight excluding hydrogens is 220 g/mol. The quantitative estimate of drug-likeness (QED) is 0.674. The molecule has 15 heavy (non-hydrogen) atoms. The lowest BCUT2D eigenvalue weighted by Crippen LogP contribution is -2.20. The zero-order chi connectivity index (χ0) is 11.1. The molecule has 0 saturated carbocycles. The highest BCUT2D eigenvalue weighted by atomic mass is 35.5. The van der Waals surface area contributed by atoms with E-state index in [1.165, 1.54) is 12.5 Å². The Hall–Kier alpha value is -1.40. The minimum atomic E-state index is -0.491. The van der Waals surface area contributed by atoms with Gasteiger partial charge in [0.05, 0.1) is 12.8 Å². The molecule has 0 aliphatic rings. The highest BCUT2D eigenvalue weighted by Crippen LogP contribution is 2.15. The smallest absolute Gasteiger partial charge is 0.243 e. The molecule has 1 heterocycles.